The van der Waals surface area contributed by atoms with E-state index in [4.69, 9.17) is 0 Å². The Bertz CT molecular complexity index is 270. The molecule has 0 atom stereocenters. The van der Waals surface area contributed by atoms with Crippen molar-refractivity contribution in [3.05, 3.63) is 0 Å². The molecule has 0 aromatic rings. The quantitative estimate of drug-likeness (QED) is 0.677. The maximum Gasteiger partial charge on any atom is 0.242 e. The second-order valence-electron chi connectivity index (χ2n) is 4.76. The van der Waals surface area contributed by atoms with Gasteiger partial charge in [0.05, 0.1) is 6.54 Å². The van der Waals surface area contributed by atoms with Crippen LogP contribution in [-0.2, 0) is 9.59 Å². The number of nitrogens with zero attached hydrogens (tertiary/aromatic N) is 1. The Balaban J connectivity index is 1.99. The number of carbonyl (C=O) groups excluding carboxylic acids is 2. The molecule has 0 aromatic carbocycles. The van der Waals surface area contributed by atoms with Crippen LogP contribution in [0.5, 0.6) is 0 Å². The monoisotopic (exact) mass is 224 g/mol. The second-order valence-corrected chi connectivity index (χ2v) is 4.76. The van der Waals surface area contributed by atoms with Gasteiger partial charge in [-0.2, -0.15) is 0 Å². The first-order valence-corrected chi connectivity index (χ1v) is 6.33. The van der Waals surface area contributed by atoms with E-state index in [9.17, 15) is 9.59 Å². The van der Waals surface area contributed by atoms with Crippen molar-refractivity contribution in [1.82, 2.24) is 10.2 Å². The average molecular weight is 224 g/mol. The van der Waals surface area contributed by atoms with Crippen LogP contribution in [0.3, 0.4) is 0 Å². The molecule has 16 heavy (non-hydrogen) atoms. The van der Waals surface area contributed by atoms with Crippen molar-refractivity contribution in [2.45, 2.75) is 51.0 Å². The number of hydrogen-bond donors (Lipinski definition) is 1. The molecule has 1 heterocycles. The zero-order chi connectivity index (χ0) is 11.4. The predicted octanol–water partition coefficient (Wildman–Crippen LogP) is 1.06. The van der Waals surface area contributed by atoms with Crippen molar-refractivity contribution >= 4 is 11.8 Å². The lowest BCUT2D eigenvalue weighted by Crippen LogP contribution is -2.42. The van der Waals surface area contributed by atoms with Gasteiger partial charge >= 0.3 is 0 Å². The maximum absolute atomic E-state index is 11.9. The standard InChI is InChI=1S/C12H20N2O2/c15-11-7-8-14(12(16)9-13-11)10-5-3-1-2-4-6-10/h10H,1-9H2,(H,13,15). The molecule has 4 nitrogen and oxygen atoms in total. The van der Waals surface area contributed by atoms with Crippen LogP contribution in [-0.4, -0.2) is 35.8 Å². The smallest absolute Gasteiger partial charge is 0.242 e. The van der Waals surface area contributed by atoms with Crippen LogP contribution < -0.4 is 5.32 Å². The SMILES string of the molecule is O=C1CCN(C2CCCCCC2)C(=O)CN1. The Morgan fingerprint density at radius 1 is 1.06 bits per heavy atom. The van der Waals surface area contributed by atoms with Gasteiger partial charge in [0.25, 0.3) is 0 Å². The molecule has 4 heteroatoms. The topological polar surface area (TPSA) is 49.4 Å². The number of amides is 2. The molecule has 1 aliphatic heterocycles. The fourth-order valence-corrected chi connectivity index (χ4v) is 2.67. The van der Waals surface area contributed by atoms with Crippen LogP contribution in [0.25, 0.3) is 0 Å². The van der Waals surface area contributed by atoms with Gasteiger partial charge < -0.3 is 10.2 Å². The molecule has 1 N–H and O–H groups in total. The van der Waals surface area contributed by atoms with Gasteiger partial charge in [0.15, 0.2) is 0 Å². The molecule has 0 radical (unpaired) electrons. The van der Waals surface area contributed by atoms with Gasteiger partial charge in [0, 0.05) is 19.0 Å². The third-order valence-corrected chi connectivity index (χ3v) is 3.60. The Morgan fingerprint density at radius 2 is 1.75 bits per heavy atom. The van der Waals surface area contributed by atoms with E-state index in [1.54, 1.807) is 0 Å². The first kappa shape index (κ1) is 11.4. The Morgan fingerprint density at radius 3 is 2.44 bits per heavy atom. The summed E-state index contributed by atoms with van der Waals surface area (Å²) in [6, 6.07) is 0.377. The van der Waals surface area contributed by atoms with Gasteiger partial charge in [-0.3, -0.25) is 9.59 Å². The third-order valence-electron chi connectivity index (χ3n) is 3.60. The van der Waals surface area contributed by atoms with Crippen LogP contribution in [0.15, 0.2) is 0 Å². The summed E-state index contributed by atoms with van der Waals surface area (Å²) >= 11 is 0. The highest BCUT2D eigenvalue weighted by Crippen LogP contribution is 2.22. The summed E-state index contributed by atoms with van der Waals surface area (Å²) < 4.78 is 0. The van der Waals surface area contributed by atoms with Crippen LogP contribution in [0.4, 0.5) is 0 Å². The Hall–Kier alpha value is -1.06. The molecule has 1 saturated carbocycles. The van der Waals surface area contributed by atoms with Gasteiger partial charge in [0.2, 0.25) is 11.8 Å². The molecular weight excluding hydrogens is 204 g/mol. The van der Waals surface area contributed by atoms with E-state index in [-0.39, 0.29) is 18.4 Å². The summed E-state index contributed by atoms with van der Waals surface area (Å²) in [6.07, 6.45) is 7.69. The number of carbonyl (C=O) groups is 2. The van der Waals surface area contributed by atoms with E-state index in [0.29, 0.717) is 19.0 Å². The summed E-state index contributed by atoms with van der Waals surface area (Å²) in [5, 5.41) is 2.65. The Labute approximate surface area is 96.4 Å². The minimum Gasteiger partial charge on any atom is -0.347 e. The molecule has 1 aliphatic carbocycles. The largest absolute Gasteiger partial charge is 0.347 e. The average Bonchev–Trinajstić information content (AvgIpc) is 2.61. The summed E-state index contributed by atoms with van der Waals surface area (Å²) in [5.41, 5.74) is 0. The van der Waals surface area contributed by atoms with Gasteiger partial charge in [-0.05, 0) is 12.8 Å². The summed E-state index contributed by atoms with van der Waals surface area (Å²) in [7, 11) is 0. The van der Waals surface area contributed by atoms with E-state index >= 15 is 0 Å². The van der Waals surface area contributed by atoms with Crippen molar-refractivity contribution in [3.8, 4) is 0 Å². The van der Waals surface area contributed by atoms with E-state index in [1.165, 1.54) is 25.7 Å². The normalized spacial score (nSPS) is 24.9. The van der Waals surface area contributed by atoms with Crippen LogP contribution in [0.2, 0.25) is 0 Å². The lowest BCUT2D eigenvalue weighted by molar-refractivity contribution is -0.132. The third kappa shape index (κ3) is 2.74. The van der Waals surface area contributed by atoms with E-state index in [1.807, 2.05) is 4.90 Å². The van der Waals surface area contributed by atoms with E-state index < -0.39 is 0 Å². The number of nitrogens with one attached hydrogen (secondary N) is 1. The molecule has 90 valence electrons. The Kier molecular flexibility index (Phi) is 3.80. The van der Waals surface area contributed by atoms with Crippen LogP contribution in [0.1, 0.15) is 44.9 Å². The first-order valence-electron chi connectivity index (χ1n) is 6.33. The lowest BCUT2D eigenvalue weighted by atomic mass is 10.1. The molecule has 0 spiro atoms. The highest BCUT2D eigenvalue weighted by Gasteiger charge is 2.27. The van der Waals surface area contributed by atoms with Gasteiger partial charge in [-0.25, -0.2) is 0 Å². The lowest BCUT2D eigenvalue weighted by Gasteiger charge is -2.29. The van der Waals surface area contributed by atoms with Crippen LogP contribution >= 0.6 is 0 Å². The minimum atomic E-state index is 0.00414. The molecule has 0 unspecified atom stereocenters. The van der Waals surface area contributed by atoms with Crippen molar-refractivity contribution < 1.29 is 9.59 Å². The summed E-state index contributed by atoms with van der Waals surface area (Å²) in [4.78, 5) is 25.1. The van der Waals surface area contributed by atoms with Gasteiger partial charge in [0.1, 0.15) is 0 Å². The van der Waals surface area contributed by atoms with Crippen molar-refractivity contribution in [3.63, 3.8) is 0 Å². The van der Waals surface area contributed by atoms with Crippen molar-refractivity contribution in [1.29, 1.82) is 0 Å². The first-order chi connectivity index (χ1) is 7.77. The summed E-state index contributed by atoms with van der Waals surface area (Å²) in [5.74, 6) is 0.0993. The second kappa shape index (κ2) is 5.32. The highest BCUT2D eigenvalue weighted by molar-refractivity contribution is 5.87. The fourth-order valence-electron chi connectivity index (χ4n) is 2.67. The van der Waals surface area contributed by atoms with Crippen molar-refractivity contribution in [2.24, 2.45) is 0 Å². The molecule has 2 amide bonds. The zero-order valence-corrected chi connectivity index (χ0v) is 9.71. The molecule has 2 rings (SSSR count). The van der Waals surface area contributed by atoms with E-state index in [2.05, 4.69) is 5.32 Å². The maximum atomic E-state index is 11.9. The predicted molar refractivity (Wildman–Crippen MR) is 60.8 cm³/mol. The molecule has 2 fully saturated rings. The molecule has 2 aliphatic rings. The fraction of sp³-hybridized carbons (Fsp3) is 0.833. The molecule has 0 aromatic heterocycles. The zero-order valence-electron chi connectivity index (χ0n) is 9.71. The molecular formula is C12H20N2O2. The number of rotatable bonds is 1. The molecule has 0 bridgehead atoms. The highest BCUT2D eigenvalue weighted by atomic mass is 16.2. The van der Waals surface area contributed by atoms with Gasteiger partial charge in [-0.1, -0.05) is 25.7 Å². The minimum absolute atomic E-state index is 0.00414. The molecule has 1 saturated heterocycles. The van der Waals surface area contributed by atoms with Crippen molar-refractivity contribution in [2.75, 3.05) is 13.1 Å². The van der Waals surface area contributed by atoms with E-state index in [0.717, 1.165) is 12.8 Å². The van der Waals surface area contributed by atoms with Crippen LogP contribution in [0, 0.1) is 0 Å². The van der Waals surface area contributed by atoms with Gasteiger partial charge in [-0.15, -0.1) is 0 Å². The number of hydrogen-bond acceptors (Lipinski definition) is 2. The summed E-state index contributed by atoms with van der Waals surface area (Å²) in [6.45, 7) is 0.796.